The van der Waals surface area contributed by atoms with E-state index in [9.17, 15) is 21.2 Å². The molecule has 0 atom stereocenters. The molecule has 140 valence electrons. The first-order valence-corrected chi connectivity index (χ1v) is 11.4. The number of hydrogen-bond donors (Lipinski definition) is 1. The Morgan fingerprint density at radius 2 is 1.62 bits per heavy atom. The fourth-order valence-corrected chi connectivity index (χ4v) is 4.71. The van der Waals surface area contributed by atoms with E-state index in [1.807, 2.05) is 4.90 Å². The van der Waals surface area contributed by atoms with E-state index in [0.29, 0.717) is 5.69 Å². The second kappa shape index (κ2) is 6.88. The zero-order valence-corrected chi connectivity index (χ0v) is 15.8. The largest absolute Gasteiger partial charge is 0.369 e. The van der Waals surface area contributed by atoms with Crippen molar-refractivity contribution in [1.29, 1.82) is 0 Å². The van der Waals surface area contributed by atoms with Crippen LogP contribution < -0.4 is 9.62 Å². The summed E-state index contributed by atoms with van der Waals surface area (Å²) in [7, 11) is -7.58. The van der Waals surface area contributed by atoms with Crippen LogP contribution in [0.1, 0.15) is 12.8 Å². The van der Waals surface area contributed by atoms with Crippen LogP contribution >= 0.6 is 0 Å². The summed E-state index contributed by atoms with van der Waals surface area (Å²) in [5.74, 6) is -0.503. The van der Waals surface area contributed by atoms with Crippen molar-refractivity contribution in [2.24, 2.45) is 0 Å². The van der Waals surface area contributed by atoms with Crippen LogP contribution in [0.25, 0.3) is 0 Å². The number of anilines is 2. The number of benzene rings is 2. The molecule has 3 rings (SSSR count). The summed E-state index contributed by atoms with van der Waals surface area (Å²) in [5, 5.41) is 0. The minimum Gasteiger partial charge on any atom is -0.369 e. The van der Waals surface area contributed by atoms with Gasteiger partial charge in [0.25, 0.3) is 10.0 Å². The normalized spacial score (nSPS) is 15.2. The summed E-state index contributed by atoms with van der Waals surface area (Å²) >= 11 is 0. The van der Waals surface area contributed by atoms with Gasteiger partial charge in [-0.3, -0.25) is 4.72 Å². The molecular formula is C17H19FN2O4S2. The maximum Gasteiger partial charge on any atom is 0.261 e. The second-order valence-electron chi connectivity index (χ2n) is 6.21. The fourth-order valence-electron chi connectivity index (χ4n) is 2.87. The zero-order valence-electron chi connectivity index (χ0n) is 14.1. The van der Waals surface area contributed by atoms with Crippen molar-refractivity contribution in [3.8, 4) is 0 Å². The van der Waals surface area contributed by atoms with Crippen molar-refractivity contribution in [1.82, 2.24) is 0 Å². The highest BCUT2D eigenvalue weighted by Gasteiger charge is 2.20. The van der Waals surface area contributed by atoms with Crippen LogP contribution in [0, 0.1) is 5.82 Å². The standard InChI is InChI=1S/C17H19FN2O4S2/c1-25(21,22)14-5-4-6-15(12-14)26(23,24)19-13-7-8-17(16(18)11-13)20-9-2-3-10-20/h4-8,11-12,19H,2-3,9-10H2,1H3. The van der Waals surface area contributed by atoms with E-state index in [1.165, 1.54) is 24.3 Å². The van der Waals surface area contributed by atoms with Crippen molar-refractivity contribution in [3.63, 3.8) is 0 Å². The van der Waals surface area contributed by atoms with Crippen LogP contribution in [-0.4, -0.2) is 36.2 Å². The second-order valence-corrected chi connectivity index (χ2v) is 9.91. The highest BCUT2D eigenvalue weighted by atomic mass is 32.2. The van der Waals surface area contributed by atoms with E-state index in [4.69, 9.17) is 0 Å². The molecule has 0 aromatic heterocycles. The van der Waals surface area contributed by atoms with Gasteiger partial charge in [-0.15, -0.1) is 0 Å². The molecule has 0 bridgehead atoms. The van der Waals surface area contributed by atoms with E-state index in [1.54, 1.807) is 6.07 Å². The number of hydrogen-bond acceptors (Lipinski definition) is 5. The first-order valence-electron chi connectivity index (χ1n) is 8.04. The summed E-state index contributed by atoms with van der Waals surface area (Å²) in [5.41, 5.74) is 0.528. The van der Waals surface area contributed by atoms with Crippen molar-refractivity contribution < 1.29 is 21.2 Å². The lowest BCUT2D eigenvalue weighted by atomic mass is 10.2. The third-order valence-electron chi connectivity index (χ3n) is 4.19. The molecule has 9 heteroatoms. The summed E-state index contributed by atoms with van der Waals surface area (Å²) in [6, 6.07) is 9.20. The molecule has 1 N–H and O–H groups in total. The van der Waals surface area contributed by atoms with Crippen LogP contribution in [-0.2, 0) is 19.9 Å². The van der Waals surface area contributed by atoms with Gasteiger partial charge in [-0.1, -0.05) is 6.07 Å². The van der Waals surface area contributed by atoms with Crippen LogP contribution in [0.4, 0.5) is 15.8 Å². The van der Waals surface area contributed by atoms with E-state index in [0.717, 1.165) is 44.3 Å². The number of sulfone groups is 1. The molecule has 1 heterocycles. The van der Waals surface area contributed by atoms with Gasteiger partial charge in [0.2, 0.25) is 0 Å². The average Bonchev–Trinajstić information content (AvgIpc) is 3.08. The molecule has 0 spiro atoms. The zero-order chi connectivity index (χ0) is 18.9. The van der Waals surface area contributed by atoms with Gasteiger partial charge in [-0.2, -0.15) is 0 Å². The Morgan fingerprint density at radius 1 is 0.962 bits per heavy atom. The summed E-state index contributed by atoms with van der Waals surface area (Å²) < 4.78 is 64.8. The van der Waals surface area contributed by atoms with Gasteiger partial charge in [-0.05, 0) is 43.2 Å². The molecule has 2 aromatic rings. The van der Waals surface area contributed by atoms with E-state index in [-0.39, 0.29) is 15.5 Å². The van der Waals surface area contributed by atoms with Gasteiger partial charge in [0.05, 0.1) is 21.2 Å². The van der Waals surface area contributed by atoms with Gasteiger partial charge < -0.3 is 4.90 Å². The van der Waals surface area contributed by atoms with Gasteiger partial charge in [0, 0.05) is 25.4 Å². The van der Waals surface area contributed by atoms with Gasteiger partial charge in [-0.25, -0.2) is 21.2 Å². The maximum absolute atomic E-state index is 14.3. The van der Waals surface area contributed by atoms with E-state index < -0.39 is 25.7 Å². The molecule has 6 nitrogen and oxygen atoms in total. The number of sulfonamides is 1. The van der Waals surface area contributed by atoms with Gasteiger partial charge in [0.15, 0.2) is 9.84 Å². The fraction of sp³-hybridized carbons (Fsp3) is 0.294. The Kier molecular flexibility index (Phi) is 4.94. The molecule has 0 unspecified atom stereocenters. The molecule has 2 aromatic carbocycles. The minimum atomic E-state index is -4.04. The topological polar surface area (TPSA) is 83.5 Å². The maximum atomic E-state index is 14.3. The third-order valence-corrected chi connectivity index (χ3v) is 6.68. The Bertz CT molecular complexity index is 1030. The van der Waals surface area contributed by atoms with Gasteiger partial charge in [0.1, 0.15) is 5.82 Å². The minimum absolute atomic E-state index is 0.0789. The van der Waals surface area contributed by atoms with Crippen molar-refractivity contribution >= 4 is 31.2 Å². The molecule has 0 aliphatic carbocycles. The smallest absolute Gasteiger partial charge is 0.261 e. The lowest BCUT2D eigenvalue weighted by Gasteiger charge is -2.19. The number of nitrogens with one attached hydrogen (secondary N) is 1. The SMILES string of the molecule is CS(=O)(=O)c1cccc(S(=O)(=O)Nc2ccc(N3CCCC3)c(F)c2)c1. The van der Waals surface area contributed by atoms with E-state index >= 15 is 0 Å². The van der Waals surface area contributed by atoms with Crippen molar-refractivity contribution in [2.75, 3.05) is 29.0 Å². The molecule has 1 fully saturated rings. The van der Waals surface area contributed by atoms with Crippen LogP contribution in [0.3, 0.4) is 0 Å². The van der Waals surface area contributed by atoms with Crippen LogP contribution in [0.5, 0.6) is 0 Å². The summed E-state index contributed by atoms with van der Waals surface area (Å²) in [4.78, 5) is 1.61. The molecule has 0 saturated carbocycles. The van der Waals surface area contributed by atoms with Crippen molar-refractivity contribution in [2.45, 2.75) is 22.6 Å². The number of nitrogens with zero attached hydrogens (tertiary/aromatic N) is 1. The van der Waals surface area contributed by atoms with Crippen molar-refractivity contribution in [3.05, 3.63) is 48.3 Å². The number of rotatable bonds is 5. The van der Waals surface area contributed by atoms with E-state index in [2.05, 4.69) is 4.72 Å². The first-order chi connectivity index (χ1) is 12.2. The molecule has 1 aliphatic heterocycles. The Balaban J connectivity index is 1.87. The molecule has 0 radical (unpaired) electrons. The lowest BCUT2D eigenvalue weighted by Crippen LogP contribution is -2.19. The Morgan fingerprint density at radius 3 is 2.23 bits per heavy atom. The average molecular weight is 398 g/mol. The lowest BCUT2D eigenvalue weighted by molar-refractivity contribution is 0.599. The van der Waals surface area contributed by atoms with Crippen LogP contribution in [0.15, 0.2) is 52.3 Å². The highest BCUT2D eigenvalue weighted by Crippen LogP contribution is 2.27. The highest BCUT2D eigenvalue weighted by molar-refractivity contribution is 7.93. The quantitative estimate of drug-likeness (QED) is 0.837. The molecule has 0 amide bonds. The molecule has 26 heavy (non-hydrogen) atoms. The predicted octanol–water partition coefficient (Wildman–Crippen LogP) is 2.63. The predicted molar refractivity (Wildman–Crippen MR) is 98.2 cm³/mol. The first kappa shape index (κ1) is 18.7. The number of halogens is 1. The molecular weight excluding hydrogens is 379 g/mol. The monoisotopic (exact) mass is 398 g/mol. The van der Waals surface area contributed by atoms with Gasteiger partial charge >= 0.3 is 0 Å². The summed E-state index contributed by atoms with van der Waals surface area (Å²) in [6.07, 6.45) is 3.01. The van der Waals surface area contributed by atoms with Crippen LogP contribution in [0.2, 0.25) is 0 Å². The Hall–Kier alpha value is -2.13. The summed E-state index contributed by atoms with van der Waals surface area (Å²) in [6.45, 7) is 1.56. The third kappa shape index (κ3) is 3.99. The Labute approximate surface area is 152 Å². The molecule has 1 aliphatic rings. The molecule has 1 saturated heterocycles.